The summed E-state index contributed by atoms with van der Waals surface area (Å²) in [5.41, 5.74) is 4.33. The summed E-state index contributed by atoms with van der Waals surface area (Å²) in [7, 11) is 1.64. The molecule has 1 N–H and O–H groups in total. The lowest BCUT2D eigenvalue weighted by molar-refractivity contribution is -0.116. The van der Waals surface area contributed by atoms with Gasteiger partial charge in [0.25, 0.3) is 0 Å². The second kappa shape index (κ2) is 8.15. The van der Waals surface area contributed by atoms with Crippen LogP contribution in [-0.2, 0) is 11.2 Å². The number of benzene rings is 2. The molecule has 0 spiro atoms. The van der Waals surface area contributed by atoms with Crippen molar-refractivity contribution in [2.45, 2.75) is 26.7 Å². The number of carbonyl (C=O) groups excluding carboxylic acids is 1. The average molecular weight is 366 g/mol. The Balaban J connectivity index is 1.60. The van der Waals surface area contributed by atoms with Gasteiger partial charge >= 0.3 is 0 Å². The SMILES string of the molecule is COc1ccc(CCC(=O)Nc2nc(-c3ccc(C)cc3)c(C)s2)cc1. The molecule has 0 saturated heterocycles. The van der Waals surface area contributed by atoms with Gasteiger partial charge in [-0.15, -0.1) is 11.3 Å². The smallest absolute Gasteiger partial charge is 0.226 e. The van der Waals surface area contributed by atoms with Crippen molar-refractivity contribution in [3.63, 3.8) is 0 Å². The van der Waals surface area contributed by atoms with Crippen molar-refractivity contribution in [3.8, 4) is 17.0 Å². The largest absolute Gasteiger partial charge is 0.497 e. The van der Waals surface area contributed by atoms with Crippen LogP contribution in [0.1, 0.15) is 22.4 Å². The molecular weight excluding hydrogens is 344 g/mol. The minimum absolute atomic E-state index is 0.0231. The zero-order chi connectivity index (χ0) is 18.5. The van der Waals surface area contributed by atoms with E-state index in [2.05, 4.69) is 41.5 Å². The molecular formula is C21H22N2O2S. The van der Waals surface area contributed by atoms with E-state index in [0.717, 1.165) is 27.4 Å². The van der Waals surface area contributed by atoms with E-state index in [0.29, 0.717) is 18.0 Å². The van der Waals surface area contributed by atoms with E-state index in [4.69, 9.17) is 4.74 Å². The highest BCUT2D eigenvalue weighted by atomic mass is 32.1. The van der Waals surface area contributed by atoms with Crippen LogP contribution in [0.5, 0.6) is 5.75 Å². The fourth-order valence-electron chi connectivity index (χ4n) is 2.66. The van der Waals surface area contributed by atoms with Gasteiger partial charge in [0.1, 0.15) is 5.75 Å². The first-order valence-corrected chi connectivity index (χ1v) is 9.34. The van der Waals surface area contributed by atoms with E-state index in [9.17, 15) is 4.79 Å². The van der Waals surface area contributed by atoms with Crippen LogP contribution in [0.3, 0.4) is 0 Å². The number of nitrogens with one attached hydrogen (secondary N) is 1. The van der Waals surface area contributed by atoms with Crippen LogP contribution in [0.2, 0.25) is 0 Å². The summed E-state index contributed by atoms with van der Waals surface area (Å²) in [4.78, 5) is 17.9. The molecule has 1 heterocycles. The second-order valence-electron chi connectivity index (χ2n) is 6.19. The van der Waals surface area contributed by atoms with E-state index < -0.39 is 0 Å². The summed E-state index contributed by atoms with van der Waals surface area (Å²) in [6.45, 7) is 4.09. The molecule has 26 heavy (non-hydrogen) atoms. The maximum absolute atomic E-state index is 12.2. The zero-order valence-corrected chi connectivity index (χ0v) is 16.0. The number of hydrogen-bond acceptors (Lipinski definition) is 4. The Hall–Kier alpha value is -2.66. The first-order valence-electron chi connectivity index (χ1n) is 8.52. The van der Waals surface area contributed by atoms with Gasteiger partial charge < -0.3 is 10.1 Å². The van der Waals surface area contributed by atoms with Crippen LogP contribution < -0.4 is 10.1 Å². The highest BCUT2D eigenvalue weighted by Crippen LogP contribution is 2.30. The molecule has 0 aliphatic carbocycles. The highest BCUT2D eigenvalue weighted by Gasteiger charge is 2.12. The number of methoxy groups -OCH3 is 1. The van der Waals surface area contributed by atoms with Gasteiger partial charge in [0, 0.05) is 16.9 Å². The van der Waals surface area contributed by atoms with E-state index in [1.165, 1.54) is 16.9 Å². The predicted molar refractivity (Wildman–Crippen MR) is 107 cm³/mol. The predicted octanol–water partition coefficient (Wildman–Crippen LogP) is 5.01. The number of thiazole rings is 1. The monoisotopic (exact) mass is 366 g/mol. The quantitative estimate of drug-likeness (QED) is 0.667. The molecule has 4 nitrogen and oxygen atoms in total. The van der Waals surface area contributed by atoms with Crippen molar-refractivity contribution in [2.75, 3.05) is 12.4 Å². The number of aromatic nitrogens is 1. The van der Waals surface area contributed by atoms with Crippen LogP contribution in [0.15, 0.2) is 48.5 Å². The molecule has 3 rings (SSSR count). The van der Waals surface area contributed by atoms with Gasteiger partial charge in [-0.25, -0.2) is 4.98 Å². The van der Waals surface area contributed by atoms with E-state index in [1.54, 1.807) is 7.11 Å². The summed E-state index contributed by atoms with van der Waals surface area (Å²) < 4.78 is 5.14. The summed E-state index contributed by atoms with van der Waals surface area (Å²) in [5, 5.41) is 3.57. The maximum Gasteiger partial charge on any atom is 0.226 e. The number of ether oxygens (including phenoxy) is 1. The van der Waals surface area contributed by atoms with Gasteiger partial charge in [-0.3, -0.25) is 4.79 Å². The number of hydrogen-bond donors (Lipinski definition) is 1. The Labute approximate surface area is 157 Å². The molecule has 5 heteroatoms. The van der Waals surface area contributed by atoms with Gasteiger partial charge in [-0.2, -0.15) is 0 Å². The molecule has 0 aliphatic rings. The number of nitrogens with zero attached hydrogens (tertiary/aromatic N) is 1. The molecule has 0 fully saturated rings. The lowest BCUT2D eigenvalue weighted by Crippen LogP contribution is -2.12. The molecule has 134 valence electrons. The number of rotatable bonds is 6. The zero-order valence-electron chi connectivity index (χ0n) is 15.2. The van der Waals surface area contributed by atoms with Crippen molar-refractivity contribution < 1.29 is 9.53 Å². The molecule has 0 aliphatic heterocycles. The Morgan fingerprint density at radius 2 is 1.77 bits per heavy atom. The third kappa shape index (κ3) is 4.49. The van der Waals surface area contributed by atoms with Crippen LogP contribution in [-0.4, -0.2) is 18.0 Å². The molecule has 0 atom stereocenters. The van der Waals surface area contributed by atoms with Crippen LogP contribution in [0, 0.1) is 13.8 Å². The van der Waals surface area contributed by atoms with Crippen molar-refractivity contribution in [3.05, 3.63) is 64.5 Å². The van der Waals surface area contributed by atoms with Gasteiger partial charge in [0.15, 0.2) is 5.13 Å². The average Bonchev–Trinajstić information content (AvgIpc) is 3.01. The van der Waals surface area contributed by atoms with E-state index in [-0.39, 0.29) is 5.91 Å². The van der Waals surface area contributed by atoms with Gasteiger partial charge in [0.2, 0.25) is 5.91 Å². The molecule has 3 aromatic rings. The number of anilines is 1. The highest BCUT2D eigenvalue weighted by molar-refractivity contribution is 7.16. The molecule has 0 saturated carbocycles. The van der Waals surface area contributed by atoms with Crippen LogP contribution in [0.4, 0.5) is 5.13 Å². The minimum Gasteiger partial charge on any atom is -0.497 e. The maximum atomic E-state index is 12.2. The second-order valence-corrected chi connectivity index (χ2v) is 7.39. The van der Waals surface area contributed by atoms with Crippen molar-refractivity contribution in [1.29, 1.82) is 0 Å². The third-order valence-corrected chi connectivity index (χ3v) is 5.05. The van der Waals surface area contributed by atoms with E-state index >= 15 is 0 Å². The summed E-state index contributed by atoms with van der Waals surface area (Å²) in [6.07, 6.45) is 1.11. The molecule has 0 radical (unpaired) electrons. The lowest BCUT2D eigenvalue weighted by atomic mass is 10.1. The topological polar surface area (TPSA) is 51.2 Å². The standard InChI is InChI=1S/C21H22N2O2S/c1-14-4-9-17(10-5-14)20-15(2)26-21(23-20)22-19(24)13-8-16-6-11-18(25-3)12-7-16/h4-7,9-12H,8,13H2,1-3H3,(H,22,23,24). The Morgan fingerprint density at radius 3 is 2.42 bits per heavy atom. The molecule has 0 bridgehead atoms. The Kier molecular flexibility index (Phi) is 5.68. The number of amides is 1. The molecule has 1 amide bonds. The van der Waals surface area contributed by atoms with Crippen LogP contribution >= 0.6 is 11.3 Å². The number of aryl methyl sites for hydroxylation is 3. The fraction of sp³-hybridized carbons (Fsp3) is 0.238. The molecule has 0 unspecified atom stereocenters. The molecule has 1 aromatic heterocycles. The van der Waals surface area contributed by atoms with Gasteiger partial charge in [0.05, 0.1) is 12.8 Å². The van der Waals surface area contributed by atoms with Crippen molar-refractivity contribution >= 4 is 22.4 Å². The normalized spacial score (nSPS) is 10.6. The van der Waals surface area contributed by atoms with E-state index in [1.807, 2.05) is 31.2 Å². The van der Waals surface area contributed by atoms with Crippen LogP contribution in [0.25, 0.3) is 11.3 Å². The summed E-state index contributed by atoms with van der Waals surface area (Å²) in [5.74, 6) is 0.796. The third-order valence-electron chi connectivity index (χ3n) is 4.17. The molecule has 2 aromatic carbocycles. The number of carbonyl (C=O) groups is 1. The summed E-state index contributed by atoms with van der Waals surface area (Å²) in [6, 6.07) is 16.0. The summed E-state index contributed by atoms with van der Waals surface area (Å²) >= 11 is 1.51. The van der Waals surface area contributed by atoms with Gasteiger partial charge in [-0.05, 0) is 38.0 Å². The fourth-order valence-corrected chi connectivity index (χ4v) is 3.51. The Morgan fingerprint density at radius 1 is 1.08 bits per heavy atom. The van der Waals surface area contributed by atoms with Gasteiger partial charge in [-0.1, -0.05) is 42.0 Å². The first-order chi connectivity index (χ1) is 12.5. The minimum atomic E-state index is -0.0231. The first kappa shape index (κ1) is 18.1. The van der Waals surface area contributed by atoms with Crippen molar-refractivity contribution in [2.24, 2.45) is 0 Å². The van der Waals surface area contributed by atoms with Crippen molar-refractivity contribution in [1.82, 2.24) is 4.98 Å². The Bertz CT molecular complexity index is 883. The lowest BCUT2D eigenvalue weighted by Gasteiger charge is -2.04.